The zero-order chi connectivity index (χ0) is 18.8. The molecule has 0 fully saturated rings. The molecule has 0 spiro atoms. The maximum atomic E-state index is 12.5. The number of fused-ring (bicyclic) bond motifs is 1. The predicted octanol–water partition coefficient (Wildman–Crippen LogP) is 4.25. The average Bonchev–Trinajstić information content (AvgIpc) is 2.71. The van der Waals surface area contributed by atoms with E-state index in [-0.39, 0.29) is 11.6 Å². The summed E-state index contributed by atoms with van der Waals surface area (Å²) in [6.07, 6.45) is 0.980. The number of amides is 1. The minimum Gasteiger partial charge on any atom is -0.350 e. The van der Waals surface area contributed by atoms with Gasteiger partial charge in [0.05, 0.1) is 0 Å². The quantitative estimate of drug-likeness (QED) is 0.740. The third kappa shape index (κ3) is 3.64. The molecule has 136 valence electrons. The lowest BCUT2D eigenvalue weighted by Gasteiger charge is -2.29. The van der Waals surface area contributed by atoms with E-state index in [2.05, 4.69) is 44.7 Å². The highest BCUT2D eigenvalue weighted by Crippen LogP contribution is 2.24. The molecular formula is C21H19ClN4O. The number of halogens is 1. The lowest BCUT2D eigenvalue weighted by Crippen LogP contribution is -2.31. The summed E-state index contributed by atoms with van der Waals surface area (Å²) in [5.41, 5.74) is 4.46. The molecule has 4 rings (SSSR count). The molecule has 0 unspecified atom stereocenters. The molecule has 1 aliphatic heterocycles. The summed E-state index contributed by atoms with van der Waals surface area (Å²) in [6.45, 7) is 3.55. The molecule has 0 saturated heterocycles. The van der Waals surface area contributed by atoms with Gasteiger partial charge < -0.3 is 10.2 Å². The Labute approximate surface area is 163 Å². The van der Waals surface area contributed by atoms with Crippen LogP contribution < -0.4 is 10.2 Å². The molecule has 0 radical (unpaired) electrons. The number of carbonyl (C=O) groups is 1. The Kier molecular flexibility index (Phi) is 4.77. The fourth-order valence-corrected chi connectivity index (χ4v) is 3.41. The summed E-state index contributed by atoms with van der Waals surface area (Å²) in [6, 6.07) is 17.4. The average molecular weight is 379 g/mol. The van der Waals surface area contributed by atoms with Gasteiger partial charge in [-0.3, -0.25) is 4.79 Å². The largest absolute Gasteiger partial charge is 0.350 e. The van der Waals surface area contributed by atoms with E-state index in [0.717, 1.165) is 30.9 Å². The zero-order valence-corrected chi connectivity index (χ0v) is 15.7. The molecule has 0 atom stereocenters. The summed E-state index contributed by atoms with van der Waals surface area (Å²) in [4.78, 5) is 14.6. The first-order chi connectivity index (χ1) is 13.1. The van der Waals surface area contributed by atoms with Crippen LogP contribution in [-0.4, -0.2) is 22.6 Å². The number of rotatable bonds is 3. The third-order valence-electron chi connectivity index (χ3n) is 4.85. The second kappa shape index (κ2) is 7.37. The molecule has 6 heteroatoms. The van der Waals surface area contributed by atoms with Crippen molar-refractivity contribution in [1.29, 1.82) is 0 Å². The standard InChI is InChI=1S/C21H19ClN4O/c1-14-17(22)7-4-8-18(14)23-21(27)19-9-10-20(25-24-19)26-12-11-15-5-2-3-6-16(15)13-26/h2-10H,11-13H2,1H3,(H,23,27). The Morgan fingerprint density at radius 3 is 2.63 bits per heavy atom. The maximum Gasteiger partial charge on any atom is 0.276 e. The molecule has 0 bridgehead atoms. The van der Waals surface area contributed by atoms with E-state index >= 15 is 0 Å². The van der Waals surface area contributed by atoms with Gasteiger partial charge in [0.15, 0.2) is 11.5 Å². The van der Waals surface area contributed by atoms with Gasteiger partial charge in [-0.15, -0.1) is 10.2 Å². The number of anilines is 2. The third-order valence-corrected chi connectivity index (χ3v) is 5.26. The van der Waals surface area contributed by atoms with Crippen LogP contribution in [0.4, 0.5) is 11.5 Å². The van der Waals surface area contributed by atoms with Crippen molar-refractivity contribution in [1.82, 2.24) is 10.2 Å². The summed E-state index contributed by atoms with van der Waals surface area (Å²) < 4.78 is 0. The number of nitrogens with one attached hydrogen (secondary N) is 1. The van der Waals surface area contributed by atoms with Gasteiger partial charge >= 0.3 is 0 Å². The van der Waals surface area contributed by atoms with Crippen LogP contribution in [0.15, 0.2) is 54.6 Å². The predicted molar refractivity (Wildman–Crippen MR) is 107 cm³/mol. The number of carbonyl (C=O) groups excluding carboxylic acids is 1. The fraction of sp³-hybridized carbons (Fsp3) is 0.190. The van der Waals surface area contributed by atoms with Crippen LogP contribution in [0.25, 0.3) is 0 Å². The first kappa shape index (κ1) is 17.5. The first-order valence-electron chi connectivity index (χ1n) is 8.84. The van der Waals surface area contributed by atoms with E-state index in [0.29, 0.717) is 10.7 Å². The first-order valence-corrected chi connectivity index (χ1v) is 9.21. The van der Waals surface area contributed by atoms with Crippen molar-refractivity contribution in [3.05, 3.63) is 82.0 Å². The molecule has 5 nitrogen and oxygen atoms in total. The number of hydrogen-bond donors (Lipinski definition) is 1. The lowest BCUT2D eigenvalue weighted by molar-refractivity contribution is 0.102. The Balaban J connectivity index is 1.48. The van der Waals surface area contributed by atoms with E-state index < -0.39 is 0 Å². The van der Waals surface area contributed by atoms with Gasteiger partial charge in [-0.25, -0.2) is 0 Å². The molecular weight excluding hydrogens is 360 g/mol. The normalized spacial score (nSPS) is 13.2. The van der Waals surface area contributed by atoms with Gasteiger partial charge in [-0.1, -0.05) is 41.9 Å². The Morgan fingerprint density at radius 2 is 1.85 bits per heavy atom. The SMILES string of the molecule is Cc1c(Cl)cccc1NC(=O)c1ccc(N2CCc3ccccc3C2)nn1. The van der Waals surface area contributed by atoms with Crippen molar-refractivity contribution in [3.63, 3.8) is 0 Å². The van der Waals surface area contributed by atoms with Gasteiger partial charge in [0.2, 0.25) is 0 Å². The molecule has 1 N–H and O–H groups in total. The number of hydrogen-bond acceptors (Lipinski definition) is 4. The van der Waals surface area contributed by atoms with Gasteiger partial charge in [-0.05, 0) is 54.3 Å². The van der Waals surface area contributed by atoms with Gasteiger partial charge in [0.25, 0.3) is 5.91 Å². The van der Waals surface area contributed by atoms with E-state index in [4.69, 9.17) is 11.6 Å². The van der Waals surface area contributed by atoms with E-state index in [1.807, 2.05) is 19.1 Å². The minimum absolute atomic E-state index is 0.274. The van der Waals surface area contributed by atoms with Crippen molar-refractivity contribution < 1.29 is 4.79 Å². The highest BCUT2D eigenvalue weighted by atomic mass is 35.5. The molecule has 1 aromatic heterocycles. The fourth-order valence-electron chi connectivity index (χ4n) is 3.24. The molecule has 1 aliphatic rings. The van der Waals surface area contributed by atoms with Crippen molar-refractivity contribution >= 4 is 29.0 Å². The monoisotopic (exact) mass is 378 g/mol. The zero-order valence-electron chi connectivity index (χ0n) is 14.9. The van der Waals surface area contributed by atoms with Crippen molar-refractivity contribution in [2.24, 2.45) is 0 Å². The number of aromatic nitrogens is 2. The molecule has 0 saturated carbocycles. The Morgan fingerprint density at radius 1 is 1.04 bits per heavy atom. The highest BCUT2D eigenvalue weighted by Gasteiger charge is 2.18. The van der Waals surface area contributed by atoms with E-state index in [1.54, 1.807) is 18.2 Å². The second-order valence-electron chi connectivity index (χ2n) is 6.58. The van der Waals surface area contributed by atoms with Gasteiger partial charge in [0, 0.05) is 23.8 Å². The van der Waals surface area contributed by atoms with Crippen LogP contribution in [0.3, 0.4) is 0 Å². The summed E-state index contributed by atoms with van der Waals surface area (Å²) >= 11 is 6.10. The van der Waals surface area contributed by atoms with Crippen molar-refractivity contribution in [3.8, 4) is 0 Å². The van der Waals surface area contributed by atoms with E-state index in [9.17, 15) is 4.79 Å². The van der Waals surface area contributed by atoms with Crippen LogP contribution in [0, 0.1) is 6.92 Å². The van der Waals surface area contributed by atoms with Crippen LogP contribution >= 0.6 is 11.6 Å². The van der Waals surface area contributed by atoms with Crippen LogP contribution in [0.5, 0.6) is 0 Å². The van der Waals surface area contributed by atoms with Crippen LogP contribution in [-0.2, 0) is 13.0 Å². The number of benzene rings is 2. The summed E-state index contributed by atoms with van der Waals surface area (Å²) in [5.74, 6) is 0.475. The van der Waals surface area contributed by atoms with E-state index in [1.165, 1.54) is 11.1 Å². The Bertz CT molecular complexity index is 988. The van der Waals surface area contributed by atoms with Crippen LogP contribution in [0.1, 0.15) is 27.2 Å². The van der Waals surface area contributed by atoms with Gasteiger partial charge in [-0.2, -0.15) is 0 Å². The lowest BCUT2D eigenvalue weighted by atomic mass is 10.00. The van der Waals surface area contributed by atoms with Crippen molar-refractivity contribution in [2.45, 2.75) is 19.9 Å². The molecule has 2 heterocycles. The number of nitrogens with zero attached hydrogens (tertiary/aromatic N) is 3. The topological polar surface area (TPSA) is 58.1 Å². The highest BCUT2D eigenvalue weighted by molar-refractivity contribution is 6.31. The molecule has 2 aromatic carbocycles. The smallest absolute Gasteiger partial charge is 0.276 e. The molecule has 27 heavy (non-hydrogen) atoms. The Hall–Kier alpha value is -2.92. The molecule has 1 amide bonds. The summed E-state index contributed by atoms with van der Waals surface area (Å²) in [5, 5.41) is 11.8. The molecule has 0 aliphatic carbocycles. The minimum atomic E-state index is -0.302. The summed E-state index contributed by atoms with van der Waals surface area (Å²) in [7, 11) is 0. The maximum absolute atomic E-state index is 12.5. The second-order valence-corrected chi connectivity index (χ2v) is 6.99. The van der Waals surface area contributed by atoms with Crippen molar-refractivity contribution in [2.75, 3.05) is 16.8 Å². The van der Waals surface area contributed by atoms with Crippen LogP contribution in [0.2, 0.25) is 5.02 Å². The van der Waals surface area contributed by atoms with Gasteiger partial charge in [0.1, 0.15) is 0 Å². The molecule has 3 aromatic rings.